The van der Waals surface area contributed by atoms with Crippen LogP contribution in [-0.2, 0) is 13.6 Å². The van der Waals surface area contributed by atoms with Gasteiger partial charge in [0.25, 0.3) is 0 Å². The van der Waals surface area contributed by atoms with Crippen LogP contribution in [0.15, 0.2) is 24.3 Å². The molecule has 16 heavy (non-hydrogen) atoms. The molecule has 0 saturated heterocycles. The van der Waals surface area contributed by atoms with Gasteiger partial charge in [-0.15, -0.1) is 0 Å². The van der Waals surface area contributed by atoms with Crippen molar-refractivity contribution >= 4 is 0 Å². The highest BCUT2D eigenvalue weighted by Gasteiger charge is 2.12. The second-order valence-corrected chi connectivity index (χ2v) is 3.75. The summed E-state index contributed by atoms with van der Waals surface area (Å²) in [5.41, 5.74) is 9.47. The third-order valence-electron chi connectivity index (χ3n) is 2.69. The van der Waals surface area contributed by atoms with Crippen molar-refractivity contribution in [1.82, 2.24) is 9.78 Å². The van der Waals surface area contributed by atoms with E-state index in [2.05, 4.69) is 5.10 Å². The SMILES string of the molecule is Cc1c(CN)nn(C)c1-c1ccc(F)cc1. The first kappa shape index (κ1) is 10.8. The molecule has 2 N–H and O–H groups in total. The lowest BCUT2D eigenvalue weighted by Crippen LogP contribution is -1.99. The van der Waals surface area contributed by atoms with Crippen LogP contribution in [0.3, 0.4) is 0 Å². The maximum atomic E-state index is 12.8. The second kappa shape index (κ2) is 4.06. The summed E-state index contributed by atoms with van der Waals surface area (Å²) in [7, 11) is 1.87. The first-order valence-electron chi connectivity index (χ1n) is 5.12. The number of nitrogens with two attached hydrogens (primary N) is 1. The van der Waals surface area contributed by atoms with Gasteiger partial charge in [0.1, 0.15) is 5.82 Å². The maximum Gasteiger partial charge on any atom is 0.123 e. The Morgan fingerprint density at radius 3 is 2.44 bits per heavy atom. The average molecular weight is 219 g/mol. The fraction of sp³-hybridized carbons (Fsp3) is 0.250. The van der Waals surface area contributed by atoms with E-state index in [4.69, 9.17) is 5.73 Å². The van der Waals surface area contributed by atoms with Gasteiger partial charge in [0.2, 0.25) is 0 Å². The van der Waals surface area contributed by atoms with E-state index in [0.29, 0.717) is 6.54 Å². The van der Waals surface area contributed by atoms with Crippen molar-refractivity contribution in [3.63, 3.8) is 0 Å². The lowest BCUT2D eigenvalue weighted by Gasteiger charge is -2.03. The average Bonchev–Trinajstić information content (AvgIpc) is 2.56. The van der Waals surface area contributed by atoms with Crippen LogP contribution in [0.25, 0.3) is 11.3 Å². The number of benzene rings is 1. The summed E-state index contributed by atoms with van der Waals surface area (Å²) >= 11 is 0. The summed E-state index contributed by atoms with van der Waals surface area (Å²) in [5.74, 6) is -0.234. The molecule has 0 aliphatic carbocycles. The van der Waals surface area contributed by atoms with E-state index in [0.717, 1.165) is 22.5 Å². The van der Waals surface area contributed by atoms with E-state index < -0.39 is 0 Å². The van der Waals surface area contributed by atoms with Crippen molar-refractivity contribution in [2.45, 2.75) is 13.5 Å². The van der Waals surface area contributed by atoms with Crippen molar-refractivity contribution in [3.05, 3.63) is 41.3 Å². The highest BCUT2D eigenvalue weighted by atomic mass is 19.1. The van der Waals surface area contributed by atoms with Crippen molar-refractivity contribution in [2.24, 2.45) is 12.8 Å². The van der Waals surface area contributed by atoms with Crippen LogP contribution in [0.5, 0.6) is 0 Å². The summed E-state index contributed by atoms with van der Waals surface area (Å²) in [6, 6.07) is 6.40. The zero-order valence-corrected chi connectivity index (χ0v) is 9.37. The predicted molar refractivity (Wildman–Crippen MR) is 61.2 cm³/mol. The zero-order valence-electron chi connectivity index (χ0n) is 9.37. The molecule has 0 aliphatic heterocycles. The Bertz CT molecular complexity index is 500. The fourth-order valence-corrected chi connectivity index (χ4v) is 1.89. The van der Waals surface area contributed by atoms with Crippen LogP contribution in [0.1, 0.15) is 11.3 Å². The highest BCUT2D eigenvalue weighted by Crippen LogP contribution is 2.25. The number of rotatable bonds is 2. The van der Waals surface area contributed by atoms with Gasteiger partial charge in [-0.25, -0.2) is 4.39 Å². The summed E-state index contributed by atoms with van der Waals surface area (Å²) < 4.78 is 14.6. The second-order valence-electron chi connectivity index (χ2n) is 3.75. The molecule has 0 amide bonds. The van der Waals surface area contributed by atoms with Crippen LogP contribution >= 0.6 is 0 Å². The van der Waals surface area contributed by atoms with Gasteiger partial charge < -0.3 is 5.73 Å². The monoisotopic (exact) mass is 219 g/mol. The first-order valence-corrected chi connectivity index (χ1v) is 5.12. The molecule has 0 atom stereocenters. The summed E-state index contributed by atoms with van der Waals surface area (Å²) in [6.45, 7) is 2.40. The van der Waals surface area contributed by atoms with Crippen LogP contribution in [0.4, 0.5) is 4.39 Å². The summed E-state index contributed by atoms with van der Waals surface area (Å²) in [5, 5.41) is 4.33. The standard InChI is InChI=1S/C12H14FN3/c1-8-11(7-14)15-16(2)12(8)9-3-5-10(13)6-4-9/h3-6H,7,14H2,1-2H3. The molecule has 0 saturated carbocycles. The molecule has 2 rings (SSSR count). The van der Waals surface area contributed by atoms with Gasteiger partial charge in [0.15, 0.2) is 0 Å². The summed E-state index contributed by atoms with van der Waals surface area (Å²) in [4.78, 5) is 0. The molecule has 84 valence electrons. The minimum absolute atomic E-state index is 0.234. The molecule has 0 fully saturated rings. The van der Waals surface area contributed by atoms with Crippen LogP contribution in [0.2, 0.25) is 0 Å². The third kappa shape index (κ3) is 1.72. The van der Waals surface area contributed by atoms with E-state index in [9.17, 15) is 4.39 Å². The number of halogens is 1. The van der Waals surface area contributed by atoms with Gasteiger partial charge in [-0.3, -0.25) is 4.68 Å². The molecule has 0 unspecified atom stereocenters. The lowest BCUT2D eigenvalue weighted by molar-refractivity contribution is 0.628. The van der Waals surface area contributed by atoms with Gasteiger partial charge in [0.05, 0.1) is 11.4 Å². The molecular weight excluding hydrogens is 205 g/mol. The van der Waals surface area contributed by atoms with E-state index in [1.807, 2.05) is 14.0 Å². The molecule has 2 aromatic rings. The molecule has 4 heteroatoms. The Hall–Kier alpha value is -1.68. The van der Waals surface area contributed by atoms with Crippen LogP contribution in [-0.4, -0.2) is 9.78 Å². The van der Waals surface area contributed by atoms with Crippen molar-refractivity contribution in [2.75, 3.05) is 0 Å². The number of hydrogen-bond donors (Lipinski definition) is 1. The molecule has 1 heterocycles. The van der Waals surface area contributed by atoms with Gasteiger partial charge in [0, 0.05) is 19.2 Å². The number of aryl methyl sites for hydroxylation is 1. The predicted octanol–water partition coefficient (Wildman–Crippen LogP) is 1.99. The normalized spacial score (nSPS) is 10.8. The van der Waals surface area contributed by atoms with E-state index in [-0.39, 0.29) is 5.82 Å². The molecule has 0 aliphatic rings. The first-order chi connectivity index (χ1) is 7.63. The third-order valence-corrected chi connectivity index (χ3v) is 2.69. The highest BCUT2D eigenvalue weighted by molar-refractivity contribution is 5.64. The smallest absolute Gasteiger partial charge is 0.123 e. The van der Waals surface area contributed by atoms with Crippen LogP contribution < -0.4 is 5.73 Å². The Balaban J connectivity index is 2.55. The number of nitrogens with zero attached hydrogens (tertiary/aromatic N) is 2. The maximum absolute atomic E-state index is 12.8. The molecule has 1 aromatic heterocycles. The Labute approximate surface area is 93.7 Å². The molecule has 3 nitrogen and oxygen atoms in total. The minimum Gasteiger partial charge on any atom is -0.325 e. The Morgan fingerprint density at radius 2 is 1.94 bits per heavy atom. The van der Waals surface area contributed by atoms with E-state index >= 15 is 0 Å². The number of aromatic nitrogens is 2. The van der Waals surface area contributed by atoms with Crippen LogP contribution in [0, 0.1) is 12.7 Å². The van der Waals surface area contributed by atoms with E-state index in [1.165, 1.54) is 12.1 Å². The van der Waals surface area contributed by atoms with Gasteiger partial charge in [-0.1, -0.05) is 0 Å². The molecular formula is C12H14FN3. The van der Waals surface area contributed by atoms with Gasteiger partial charge in [-0.2, -0.15) is 5.10 Å². The summed E-state index contributed by atoms with van der Waals surface area (Å²) in [6.07, 6.45) is 0. The molecule has 0 spiro atoms. The zero-order chi connectivity index (χ0) is 11.7. The number of hydrogen-bond acceptors (Lipinski definition) is 2. The van der Waals surface area contributed by atoms with Gasteiger partial charge in [-0.05, 0) is 36.8 Å². The van der Waals surface area contributed by atoms with Crippen molar-refractivity contribution in [3.8, 4) is 11.3 Å². The van der Waals surface area contributed by atoms with Crippen molar-refractivity contribution in [1.29, 1.82) is 0 Å². The molecule has 0 bridgehead atoms. The Morgan fingerprint density at radius 1 is 1.31 bits per heavy atom. The Kier molecular flexibility index (Phi) is 2.75. The molecule has 0 radical (unpaired) electrons. The fourth-order valence-electron chi connectivity index (χ4n) is 1.89. The quantitative estimate of drug-likeness (QED) is 0.839. The lowest BCUT2D eigenvalue weighted by atomic mass is 10.1. The van der Waals surface area contributed by atoms with Crippen molar-refractivity contribution < 1.29 is 4.39 Å². The topological polar surface area (TPSA) is 43.8 Å². The largest absolute Gasteiger partial charge is 0.325 e. The van der Waals surface area contributed by atoms with E-state index in [1.54, 1.807) is 16.8 Å². The molecule has 1 aromatic carbocycles. The minimum atomic E-state index is -0.234. The van der Waals surface area contributed by atoms with Gasteiger partial charge >= 0.3 is 0 Å².